The third-order valence-electron chi connectivity index (χ3n) is 3.02. The maximum atomic E-state index is 11.3. The number of amides is 1. The van der Waals surface area contributed by atoms with Crippen molar-refractivity contribution in [2.75, 3.05) is 13.1 Å². The summed E-state index contributed by atoms with van der Waals surface area (Å²) in [6.45, 7) is 4.42. The van der Waals surface area contributed by atoms with Gasteiger partial charge in [-0.25, -0.2) is 4.98 Å². The third kappa shape index (κ3) is 3.41. The lowest BCUT2D eigenvalue weighted by Crippen LogP contribution is -2.37. The molecule has 2 heterocycles. The van der Waals surface area contributed by atoms with Gasteiger partial charge in [0.2, 0.25) is 5.91 Å². The number of nitrogens with zero attached hydrogens (tertiary/aromatic N) is 2. The van der Waals surface area contributed by atoms with Crippen LogP contribution in [0.1, 0.15) is 18.9 Å². The number of nitrogens with one attached hydrogen (secondary N) is 1. The van der Waals surface area contributed by atoms with Crippen LogP contribution in [-0.4, -0.2) is 34.9 Å². The average molecular weight is 254 g/mol. The van der Waals surface area contributed by atoms with Crippen LogP contribution in [0.3, 0.4) is 0 Å². The molecule has 1 aliphatic rings. The Morgan fingerprint density at radius 2 is 2.41 bits per heavy atom. The molecule has 0 radical (unpaired) electrons. The molecule has 1 atom stereocenters. The SMILES string of the molecule is C[C@@H]1CNC(=O)CCN1Cc1ccc(Cl)nc1. The van der Waals surface area contributed by atoms with E-state index in [1.165, 1.54) is 0 Å². The molecule has 0 bridgehead atoms. The van der Waals surface area contributed by atoms with E-state index in [0.717, 1.165) is 18.7 Å². The van der Waals surface area contributed by atoms with Crippen molar-refractivity contribution in [2.45, 2.75) is 25.9 Å². The first kappa shape index (κ1) is 12.3. The first-order valence-corrected chi connectivity index (χ1v) is 6.14. The molecule has 2 rings (SSSR count). The number of carbonyl (C=O) groups is 1. The molecule has 1 N–H and O–H groups in total. The number of aromatic nitrogens is 1. The second kappa shape index (κ2) is 5.47. The molecule has 1 aromatic heterocycles. The normalized spacial score (nSPS) is 22.0. The number of hydrogen-bond acceptors (Lipinski definition) is 3. The number of rotatable bonds is 2. The molecular weight excluding hydrogens is 238 g/mol. The van der Waals surface area contributed by atoms with Crippen molar-refractivity contribution < 1.29 is 4.79 Å². The van der Waals surface area contributed by atoms with Gasteiger partial charge in [0.05, 0.1) is 0 Å². The average Bonchev–Trinajstić information content (AvgIpc) is 2.47. The molecule has 0 aromatic carbocycles. The maximum absolute atomic E-state index is 11.3. The fraction of sp³-hybridized carbons (Fsp3) is 0.500. The van der Waals surface area contributed by atoms with E-state index in [1.54, 1.807) is 12.3 Å². The topological polar surface area (TPSA) is 45.2 Å². The Hall–Kier alpha value is -1.13. The summed E-state index contributed by atoms with van der Waals surface area (Å²) < 4.78 is 0. The number of carbonyl (C=O) groups excluding carboxylic acids is 1. The van der Waals surface area contributed by atoms with Crippen LogP contribution in [0.25, 0.3) is 0 Å². The zero-order chi connectivity index (χ0) is 12.3. The second-order valence-electron chi connectivity index (χ2n) is 4.36. The van der Waals surface area contributed by atoms with Crippen LogP contribution in [0, 0.1) is 0 Å². The van der Waals surface area contributed by atoms with Crippen LogP contribution in [0.2, 0.25) is 5.15 Å². The van der Waals surface area contributed by atoms with E-state index < -0.39 is 0 Å². The largest absolute Gasteiger partial charge is 0.355 e. The number of pyridine rings is 1. The number of halogens is 1. The molecule has 1 aromatic rings. The van der Waals surface area contributed by atoms with Crippen molar-refractivity contribution in [3.63, 3.8) is 0 Å². The van der Waals surface area contributed by atoms with Gasteiger partial charge in [-0.15, -0.1) is 0 Å². The van der Waals surface area contributed by atoms with E-state index >= 15 is 0 Å². The van der Waals surface area contributed by atoms with Crippen LogP contribution in [0.4, 0.5) is 0 Å². The quantitative estimate of drug-likeness (QED) is 0.812. The van der Waals surface area contributed by atoms with Crippen LogP contribution < -0.4 is 5.32 Å². The zero-order valence-electron chi connectivity index (χ0n) is 9.82. The lowest BCUT2D eigenvalue weighted by atomic mass is 10.2. The van der Waals surface area contributed by atoms with Gasteiger partial charge in [-0.2, -0.15) is 0 Å². The van der Waals surface area contributed by atoms with Crippen LogP contribution in [0.15, 0.2) is 18.3 Å². The van der Waals surface area contributed by atoms with Crippen molar-refractivity contribution in [3.8, 4) is 0 Å². The van der Waals surface area contributed by atoms with E-state index in [2.05, 4.69) is 22.1 Å². The highest BCUT2D eigenvalue weighted by molar-refractivity contribution is 6.29. The summed E-state index contributed by atoms with van der Waals surface area (Å²) in [5, 5.41) is 3.41. The Bertz CT molecular complexity index is 393. The molecule has 0 saturated carbocycles. The van der Waals surface area contributed by atoms with E-state index in [0.29, 0.717) is 24.2 Å². The number of hydrogen-bond donors (Lipinski definition) is 1. The Labute approximate surface area is 106 Å². The fourth-order valence-corrected chi connectivity index (χ4v) is 2.03. The Morgan fingerprint density at radius 3 is 3.12 bits per heavy atom. The molecule has 0 unspecified atom stereocenters. The van der Waals surface area contributed by atoms with Gasteiger partial charge in [0.25, 0.3) is 0 Å². The molecule has 5 heteroatoms. The molecule has 0 aliphatic carbocycles. The Kier molecular flexibility index (Phi) is 3.97. The van der Waals surface area contributed by atoms with E-state index in [4.69, 9.17) is 11.6 Å². The first-order valence-electron chi connectivity index (χ1n) is 5.76. The van der Waals surface area contributed by atoms with Crippen molar-refractivity contribution >= 4 is 17.5 Å². The summed E-state index contributed by atoms with van der Waals surface area (Å²) in [4.78, 5) is 17.6. The van der Waals surface area contributed by atoms with Gasteiger partial charge in [0.1, 0.15) is 5.15 Å². The predicted octanol–water partition coefficient (Wildman–Crippen LogP) is 1.45. The first-order chi connectivity index (χ1) is 8.15. The summed E-state index contributed by atoms with van der Waals surface area (Å²) in [5.74, 6) is 0.133. The fourth-order valence-electron chi connectivity index (χ4n) is 1.91. The highest BCUT2D eigenvalue weighted by atomic mass is 35.5. The molecule has 0 spiro atoms. The van der Waals surface area contributed by atoms with Crippen LogP contribution in [0.5, 0.6) is 0 Å². The maximum Gasteiger partial charge on any atom is 0.221 e. The van der Waals surface area contributed by atoms with Crippen molar-refractivity contribution in [2.24, 2.45) is 0 Å². The van der Waals surface area contributed by atoms with Crippen molar-refractivity contribution in [3.05, 3.63) is 29.0 Å². The monoisotopic (exact) mass is 253 g/mol. The minimum Gasteiger partial charge on any atom is -0.355 e. The predicted molar refractivity (Wildman–Crippen MR) is 66.7 cm³/mol. The summed E-state index contributed by atoms with van der Waals surface area (Å²) >= 11 is 5.75. The van der Waals surface area contributed by atoms with Gasteiger partial charge in [-0.1, -0.05) is 17.7 Å². The minimum atomic E-state index is 0.133. The van der Waals surface area contributed by atoms with Crippen molar-refractivity contribution in [1.29, 1.82) is 0 Å². The zero-order valence-corrected chi connectivity index (χ0v) is 10.6. The smallest absolute Gasteiger partial charge is 0.221 e. The molecule has 1 amide bonds. The van der Waals surface area contributed by atoms with Crippen LogP contribution >= 0.6 is 11.6 Å². The molecule has 4 nitrogen and oxygen atoms in total. The minimum absolute atomic E-state index is 0.133. The van der Waals surface area contributed by atoms with Crippen LogP contribution in [-0.2, 0) is 11.3 Å². The highest BCUT2D eigenvalue weighted by Gasteiger charge is 2.19. The lowest BCUT2D eigenvalue weighted by Gasteiger charge is -2.25. The van der Waals surface area contributed by atoms with E-state index in [9.17, 15) is 4.79 Å². The molecule has 1 aliphatic heterocycles. The van der Waals surface area contributed by atoms with E-state index in [-0.39, 0.29) is 5.91 Å². The Balaban J connectivity index is 2.01. The standard InChI is InChI=1S/C12H16ClN3O/c1-9-6-15-12(17)4-5-16(9)8-10-2-3-11(13)14-7-10/h2-3,7,9H,4-6,8H2,1H3,(H,15,17)/t9-/m1/s1. The van der Waals surface area contributed by atoms with Gasteiger partial charge in [-0.3, -0.25) is 9.69 Å². The van der Waals surface area contributed by atoms with E-state index in [1.807, 2.05) is 6.07 Å². The summed E-state index contributed by atoms with van der Waals surface area (Å²) in [7, 11) is 0. The second-order valence-corrected chi connectivity index (χ2v) is 4.75. The molecule has 92 valence electrons. The van der Waals surface area contributed by atoms with Gasteiger partial charge >= 0.3 is 0 Å². The summed E-state index contributed by atoms with van der Waals surface area (Å²) in [5.41, 5.74) is 1.12. The van der Waals surface area contributed by atoms with Gasteiger partial charge in [0.15, 0.2) is 0 Å². The van der Waals surface area contributed by atoms with Gasteiger partial charge in [0, 0.05) is 38.3 Å². The lowest BCUT2D eigenvalue weighted by molar-refractivity contribution is -0.120. The molecule has 1 fully saturated rings. The van der Waals surface area contributed by atoms with Gasteiger partial charge < -0.3 is 5.32 Å². The van der Waals surface area contributed by atoms with Crippen molar-refractivity contribution in [1.82, 2.24) is 15.2 Å². The van der Waals surface area contributed by atoms with Gasteiger partial charge in [-0.05, 0) is 18.6 Å². The molecule has 17 heavy (non-hydrogen) atoms. The molecular formula is C12H16ClN3O. The molecule has 1 saturated heterocycles. The highest BCUT2D eigenvalue weighted by Crippen LogP contribution is 2.12. The Morgan fingerprint density at radius 1 is 1.59 bits per heavy atom. The third-order valence-corrected chi connectivity index (χ3v) is 3.24. The summed E-state index contributed by atoms with van der Waals surface area (Å²) in [6, 6.07) is 4.11. The summed E-state index contributed by atoms with van der Waals surface area (Å²) in [6.07, 6.45) is 2.35.